The van der Waals surface area contributed by atoms with Gasteiger partial charge in [-0.2, -0.15) is 0 Å². The number of hydrogen-bond donors (Lipinski definition) is 2. The van der Waals surface area contributed by atoms with E-state index in [1.807, 2.05) is 18.2 Å². The Morgan fingerprint density at radius 3 is 2.61 bits per heavy atom. The van der Waals surface area contributed by atoms with Crippen LogP contribution in [0, 0.1) is 0 Å². The van der Waals surface area contributed by atoms with Gasteiger partial charge in [-0.05, 0) is 58.8 Å². The molecule has 7 heteroatoms. The second-order valence-electron chi connectivity index (χ2n) is 7.47. The molecule has 2 aromatic rings. The average molecular weight is 393 g/mol. The molecule has 0 radical (unpaired) electrons. The van der Waals surface area contributed by atoms with Crippen LogP contribution in [-0.4, -0.2) is 22.0 Å². The summed E-state index contributed by atoms with van der Waals surface area (Å²) in [7, 11) is 0. The lowest BCUT2D eigenvalue weighted by molar-refractivity contribution is -0.134. The minimum atomic E-state index is -0.244. The highest BCUT2D eigenvalue weighted by molar-refractivity contribution is 7.97. The number of nitrogens with one attached hydrogen (secondary N) is 2. The first kappa shape index (κ1) is 17.5. The fourth-order valence-electron chi connectivity index (χ4n) is 4.09. The Morgan fingerprint density at radius 1 is 0.893 bits per heavy atom. The van der Waals surface area contributed by atoms with Gasteiger partial charge in [0.2, 0.25) is 17.7 Å². The maximum atomic E-state index is 12.2. The van der Waals surface area contributed by atoms with Crippen molar-refractivity contribution in [1.82, 2.24) is 9.62 Å². The molecule has 5 rings (SSSR count). The van der Waals surface area contributed by atoms with Gasteiger partial charge >= 0.3 is 0 Å². The lowest BCUT2D eigenvalue weighted by Crippen LogP contribution is -2.39. The molecule has 2 N–H and O–H groups in total. The van der Waals surface area contributed by atoms with Crippen LogP contribution in [0.2, 0.25) is 0 Å². The topological polar surface area (TPSA) is 78.5 Å². The zero-order chi connectivity index (χ0) is 19.3. The van der Waals surface area contributed by atoms with Crippen LogP contribution in [0.25, 0.3) is 0 Å². The highest BCUT2D eigenvalue weighted by Crippen LogP contribution is 2.37. The molecule has 1 unspecified atom stereocenters. The molecule has 6 nitrogen and oxygen atoms in total. The van der Waals surface area contributed by atoms with Crippen LogP contribution in [0.5, 0.6) is 0 Å². The van der Waals surface area contributed by atoms with Gasteiger partial charge in [0.25, 0.3) is 0 Å². The summed E-state index contributed by atoms with van der Waals surface area (Å²) < 4.78 is 2.28. The summed E-state index contributed by atoms with van der Waals surface area (Å²) in [6.45, 7) is 1.64. The zero-order valence-corrected chi connectivity index (χ0v) is 16.0. The first-order valence-corrected chi connectivity index (χ1v) is 10.1. The Hall–Kier alpha value is -2.64. The minimum Gasteiger partial charge on any atom is -0.326 e. The maximum absolute atomic E-state index is 12.2. The second kappa shape index (κ2) is 6.76. The predicted octanol–water partition coefficient (Wildman–Crippen LogP) is 2.72. The third-order valence-corrected chi connectivity index (χ3v) is 6.48. The quantitative estimate of drug-likeness (QED) is 0.619. The number of carbonyl (C=O) groups is 3. The van der Waals surface area contributed by atoms with E-state index in [0.29, 0.717) is 19.3 Å². The van der Waals surface area contributed by atoms with Crippen molar-refractivity contribution in [2.45, 2.75) is 43.2 Å². The first-order chi connectivity index (χ1) is 13.5. The molecule has 3 heterocycles. The van der Waals surface area contributed by atoms with Gasteiger partial charge in [-0.15, -0.1) is 0 Å². The van der Waals surface area contributed by atoms with Crippen molar-refractivity contribution in [3.05, 3.63) is 58.7 Å². The number of rotatable bonds is 3. The van der Waals surface area contributed by atoms with Crippen molar-refractivity contribution < 1.29 is 14.4 Å². The molecular weight excluding hydrogens is 374 g/mol. The summed E-state index contributed by atoms with van der Waals surface area (Å²) in [6, 6.07) is 12.3. The molecular formula is C21H19N3O3S. The van der Waals surface area contributed by atoms with Gasteiger partial charge in [0.15, 0.2) is 0 Å². The fraction of sp³-hybridized carbons (Fsp3) is 0.286. The molecule has 0 saturated carbocycles. The maximum Gasteiger partial charge on any atom is 0.234 e. The second-order valence-corrected chi connectivity index (χ2v) is 8.64. The number of hydrogen-bond acceptors (Lipinski definition) is 5. The number of piperidine rings is 1. The Labute approximate surface area is 166 Å². The van der Waals surface area contributed by atoms with Gasteiger partial charge in [0.05, 0.1) is 12.3 Å². The Balaban J connectivity index is 1.30. The largest absolute Gasteiger partial charge is 0.326 e. The number of anilines is 1. The Bertz CT molecular complexity index is 1020. The number of benzene rings is 2. The predicted molar refractivity (Wildman–Crippen MR) is 105 cm³/mol. The SMILES string of the molecule is O=C1CCC(c2ccc3c(c2)CN(Sc2ccc4c(c2)CC(=O)N4)C3)C(=O)N1. The van der Waals surface area contributed by atoms with Gasteiger partial charge in [0, 0.05) is 30.1 Å². The average Bonchev–Trinajstić information content (AvgIpc) is 3.22. The molecule has 0 spiro atoms. The van der Waals surface area contributed by atoms with E-state index >= 15 is 0 Å². The summed E-state index contributed by atoms with van der Waals surface area (Å²) in [4.78, 5) is 36.2. The summed E-state index contributed by atoms with van der Waals surface area (Å²) in [6.07, 6.45) is 1.41. The van der Waals surface area contributed by atoms with Gasteiger partial charge in [-0.25, -0.2) is 4.31 Å². The highest BCUT2D eigenvalue weighted by atomic mass is 32.2. The molecule has 142 valence electrons. The summed E-state index contributed by atoms with van der Waals surface area (Å²) in [5.41, 5.74) is 5.44. The molecule has 0 aromatic heterocycles. The van der Waals surface area contributed by atoms with Crippen molar-refractivity contribution in [2.75, 3.05) is 5.32 Å². The molecule has 3 aliphatic heterocycles. The number of nitrogens with zero attached hydrogens (tertiary/aromatic N) is 1. The van der Waals surface area contributed by atoms with Crippen LogP contribution in [0.15, 0.2) is 41.3 Å². The van der Waals surface area contributed by atoms with Crippen molar-refractivity contribution in [3.8, 4) is 0 Å². The normalized spacial score (nSPS) is 21.3. The van der Waals surface area contributed by atoms with E-state index in [9.17, 15) is 14.4 Å². The Kier molecular flexibility index (Phi) is 4.21. The van der Waals surface area contributed by atoms with E-state index in [4.69, 9.17) is 0 Å². The number of imide groups is 1. The van der Waals surface area contributed by atoms with Crippen LogP contribution >= 0.6 is 11.9 Å². The van der Waals surface area contributed by atoms with Crippen LogP contribution in [0.1, 0.15) is 41.0 Å². The van der Waals surface area contributed by atoms with E-state index in [0.717, 1.165) is 34.8 Å². The standard InChI is InChI=1S/C21H19N3O3S/c25-19-6-4-17(21(27)23-19)12-1-2-13-10-24(11-15(13)7-12)28-16-3-5-18-14(8-16)9-20(26)22-18/h1-3,5,7-8,17H,4,6,9-11H2,(H,22,26)(H,23,25,27). The van der Waals surface area contributed by atoms with Crippen LogP contribution in [0.4, 0.5) is 5.69 Å². The molecule has 28 heavy (non-hydrogen) atoms. The van der Waals surface area contributed by atoms with Crippen molar-refractivity contribution in [2.24, 2.45) is 0 Å². The third kappa shape index (κ3) is 3.21. The van der Waals surface area contributed by atoms with Crippen LogP contribution < -0.4 is 10.6 Å². The zero-order valence-electron chi connectivity index (χ0n) is 15.2. The van der Waals surface area contributed by atoms with E-state index in [1.165, 1.54) is 11.1 Å². The molecule has 3 amide bonds. The van der Waals surface area contributed by atoms with E-state index < -0.39 is 0 Å². The summed E-state index contributed by atoms with van der Waals surface area (Å²) >= 11 is 1.69. The van der Waals surface area contributed by atoms with E-state index in [2.05, 4.69) is 33.1 Å². The lowest BCUT2D eigenvalue weighted by atomic mass is 9.89. The monoisotopic (exact) mass is 393 g/mol. The third-order valence-electron chi connectivity index (χ3n) is 5.50. The van der Waals surface area contributed by atoms with Crippen LogP contribution in [0.3, 0.4) is 0 Å². The number of fused-ring (bicyclic) bond motifs is 2. The van der Waals surface area contributed by atoms with Crippen LogP contribution in [-0.2, 0) is 33.9 Å². The fourth-order valence-corrected chi connectivity index (χ4v) is 5.12. The molecule has 0 aliphatic carbocycles. The van der Waals surface area contributed by atoms with E-state index in [-0.39, 0.29) is 23.6 Å². The molecule has 2 aromatic carbocycles. The molecule has 1 fully saturated rings. The van der Waals surface area contributed by atoms with Crippen molar-refractivity contribution >= 4 is 35.4 Å². The molecule has 3 aliphatic rings. The van der Waals surface area contributed by atoms with Gasteiger partial charge < -0.3 is 5.32 Å². The summed E-state index contributed by atoms with van der Waals surface area (Å²) in [5, 5.41) is 5.30. The van der Waals surface area contributed by atoms with Gasteiger partial charge in [-0.3, -0.25) is 19.7 Å². The molecule has 0 bridgehead atoms. The highest BCUT2D eigenvalue weighted by Gasteiger charge is 2.29. The lowest BCUT2D eigenvalue weighted by Gasteiger charge is -2.21. The van der Waals surface area contributed by atoms with Gasteiger partial charge in [-0.1, -0.05) is 18.2 Å². The van der Waals surface area contributed by atoms with Crippen molar-refractivity contribution in [3.63, 3.8) is 0 Å². The first-order valence-electron chi connectivity index (χ1n) is 9.36. The Morgan fingerprint density at radius 2 is 1.75 bits per heavy atom. The molecule has 1 atom stereocenters. The number of carbonyl (C=O) groups excluding carboxylic acids is 3. The van der Waals surface area contributed by atoms with E-state index in [1.54, 1.807) is 11.9 Å². The smallest absolute Gasteiger partial charge is 0.234 e. The van der Waals surface area contributed by atoms with Crippen molar-refractivity contribution in [1.29, 1.82) is 0 Å². The number of amides is 3. The summed E-state index contributed by atoms with van der Waals surface area (Å²) in [5.74, 6) is -0.573. The van der Waals surface area contributed by atoms with Gasteiger partial charge in [0.1, 0.15) is 0 Å². The molecule has 1 saturated heterocycles. The minimum absolute atomic E-state index is 0.0479.